The maximum absolute atomic E-state index is 11.9. The van der Waals surface area contributed by atoms with Gasteiger partial charge in [-0.25, -0.2) is 4.79 Å². The zero-order chi connectivity index (χ0) is 23.8. The summed E-state index contributed by atoms with van der Waals surface area (Å²) in [7, 11) is 1.43. The number of rotatable bonds is 3. The Labute approximate surface area is 203 Å². The summed E-state index contributed by atoms with van der Waals surface area (Å²) >= 11 is 0. The Morgan fingerprint density at radius 1 is 0.912 bits per heavy atom. The average molecular weight is 454 g/mol. The summed E-state index contributed by atoms with van der Waals surface area (Å²) in [6.07, 6.45) is 9.56. The molecule has 0 radical (unpaired) electrons. The minimum Gasteiger partial charge on any atom is -0.465 e. The fraction of sp³-hybridized carbons (Fsp3) is 0.452. The maximum Gasteiger partial charge on any atom is 0.337 e. The molecule has 3 nitrogen and oxygen atoms in total. The summed E-state index contributed by atoms with van der Waals surface area (Å²) in [6.45, 7) is 9.69. The summed E-state index contributed by atoms with van der Waals surface area (Å²) in [4.78, 5) is 11.9. The van der Waals surface area contributed by atoms with Crippen molar-refractivity contribution < 1.29 is 9.53 Å². The number of fused-ring (bicyclic) bond motifs is 4. The quantitative estimate of drug-likeness (QED) is 0.387. The lowest BCUT2D eigenvalue weighted by molar-refractivity contribution is 0.0600. The molecule has 0 bridgehead atoms. The minimum absolute atomic E-state index is 0.209. The number of aryl methyl sites for hydroxylation is 1. The maximum atomic E-state index is 11.9. The molecule has 3 heteroatoms. The average Bonchev–Trinajstić information content (AvgIpc) is 3.60. The predicted octanol–water partition coefficient (Wildman–Crippen LogP) is 7.39. The van der Waals surface area contributed by atoms with Gasteiger partial charge in [-0.2, -0.15) is 0 Å². The van der Waals surface area contributed by atoms with Crippen molar-refractivity contribution >= 4 is 5.97 Å². The van der Waals surface area contributed by atoms with Crippen LogP contribution < -0.4 is 0 Å². The van der Waals surface area contributed by atoms with E-state index in [1.807, 2.05) is 12.1 Å². The number of benzene rings is 2. The molecule has 0 saturated heterocycles. The third-order valence-electron chi connectivity index (χ3n) is 8.67. The molecule has 0 unspecified atom stereocenters. The second-order valence-corrected chi connectivity index (χ2v) is 11.9. The van der Waals surface area contributed by atoms with Gasteiger partial charge in [0.15, 0.2) is 0 Å². The SMILES string of the molecule is COC(=O)c1ccc(-c2cn(C3CC3)c3c2CCc2cc4c(cc2-3)C(C)(C)CCC4(C)C)cc1. The monoisotopic (exact) mass is 453 g/mol. The predicted molar refractivity (Wildman–Crippen MR) is 138 cm³/mol. The molecular weight excluding hydrogens is 418 g/mol. The van der Waals surface area contributed by atoms with Crippen LogP contribution in [0.25, 0.3) is 22.4 Å². The number of hydrogen-bond acceptors (Lipinski definition) is 2. The van der Waals surface area contributed by atoms with E-state index in [1.165, 1.54) is 66.3 Å². The molecule has 0 aliphatic heterocycles. The molecule has 3 aromatic rings. The summed E-state index contributed by atoms with van der Waals surface area (Å²) in [6, 6.07) is 13.7. The fourth-order valence-electron chi connectivity index (χ4n) is 6.26. The van der Waals surface area contributed by atoms with E-state index in [4.69, 9.17) is 4.74 Å². The molecular formula is C31H35NO2. The van der Waals surface area contributed by atoms with Crippen molar-refractivity contribution in [2.45, 2.75) is 83.1 Å². The highest BCUT2D eigenvalue weighted by atomic mass is 16.5. The first-order valence-electron chi connectivity index (χ1n) is 12.8. The van der Waals surface area contributed by atoms with Gasteiger partial charge in [0, 0.05) is 23.4 Å². The second-order valence-electron chi connectivity index (χ2n) is 11.9. The normalized spacial score (nSPS) is 19.7. The fourth-order valence-corrected chi connectivity index (χ4v) is 6.26. The van der Waals surface area contributed by atoms with Crippen LogP contribution in [-0.4, -0.2) is 17.6 Å². The Hall–Kier alpha value is -2.81. The van der Waals surface area contributed by atoms with E-state index in [2.05, 4.69) is 62.7 Å². The van der Waals surface area contributed by atoms with Gasteiger partial charge in [-0.15, -0.1) is 0 Å². The van der Waals surface area contributed by atoms with Gasteiger partial charge in [0.25, 0.3) is 0 Å². The molecule has 1 heterocycles. The summed E-state index contributed by atoms with van der Waals surface area (Å²) in [5.74, 6) is -0.284. The lowest BCUT2D eigenvalue weighted by atomic mass is 9.62. The molecule has 34 heavy (non-hydrogen) atoms. The van der Waals surface area contributed by atoms with Gasteiger partial charge in [-0.05, 0) is 95.4 Å². The molecule has 1 fully saturated rings. The summed E-state index contributed by atoms with van der Waals surface area (Å²) in [5.41, 5.74) is 12.6. The number of ether oxygens (including phenoxy) is 1. The minimum atomic E-state index is -0.284. The third kappa shape index (κ3) is 3.27. The molecule has 2 aromatic carbocycles. The van der Waals surface area contributed by atoms with Crippen LogP contribution in [0.5, 0.6) is 0 Å². The standard InChI is InChI=1S/C31H35NO2/c1-30(2)14-15-31(3,4)27-17-24-21(16-26(27)30)10-13-23-25(18-32(28(23)24)22-11-12-22)19-6-8-20(9-7-19)29(33)34-5/h6-9,16-18,22H,10-15H2,1-5H3. The highest BCUT2D eigenvalue weighted by Crippen LogP contribution is 2.51. The Kier molecular flexibility index (Phi) is 4.69. The first kappa shape index (κ1) is 21.7. The van der Waals surface area contributed by atoms with Crippen LogP contribution >= 0.6 is 0 Å². The number of esters is 1. The number of carbonyl (C=O) groups excluding carboxylic acids is 1. The van der Waals surface area contributed by atoms with Crippen LogP contribution in [0.4, 0.5) is 0 Å². The largest absolute Gasteiger partial charge is 0.465 e. The topological polar surface area (TPSA) is 31.2 Å². The molecule has 1 saturated carbocycles. The molecule has 3 aliphatic carbocycles. The van der Waals surface area contributed by atoms with Crippen molar-refractivity contribution in [3.63, 3.8) is 0 Å². The first-order valence-corrected chi connectivity index (χ1v) is 12.8. The van der Waals surface area contributed by atoms with E-state index in [0.29, 0.717) is 11.6 Å². The number of methoxy groups -OCH3 is 1. The van der Waals surface area contributed by atoms with Crippen molar-refractivity contribution in [2.24, 2.45) is 0 Å². The summed E-state index contributed by atoms with van der Waals surface area (Å²) in [5, 5.41) is 0. The van der Waals surface area contributed by atoms with E-state index < -0.39 is 0 Å². The zero-order valence-corrected chi connectivity index (χ0v) is 21.1. The second kappa shape index (κ2) is 7.34. The van der Waals surface area contributed by atoms with Gasteiger partial charge >= 0.3 is 5.97 Å². The van der Waals surface area contributed by atoms with Crippen LogP contribution in [0.3, 0.4) is 0 Å². The van der Waals surface area contributed by atoms with E-state index in [9.17, 15) is 4.79 Å². The molecule has 6 rings (SSSR count). The van der Waals surface area contributed by atoms with Gasteiger partial charge in [0.05, 0.1) is 18.4 Å². The van der Waals surface area contributed by atoms with Crippen LogP contribution in [0.2, 0.25) is 0 Å². The van der Waals surface area contributed by atoms with Gasteiger partial charge in [-0.1, -0.05) is 45.9 Å². The molecule has 0 N–H and O–H groups in total. The van der Waals surface area contributed by atoms with Crippen LogP contribution in [0.1, 0.15) is 92.0 Å². The van der Waals surface area contributed by atoms with Gasteiger partial charge < -0.3 is 9.30 Å². The molecule has 176 valence electrons. The lowest BCUT2D eigenvalue weighted by Gasteiger charge is -2.43. The summed E-state index contributed by atoms with van der Waals surface area (Å²) < 4.78 is 7.46. The molecule has 0 spiro atoms. The number of nitrogens with zero attached hydrogens (tertiary/aromatic N) is 1. The Morgan fingerprint density at radius 3 is 2.18 bits per heavy atom. The van der Waals surface area contributed by atoms with Gasteiger partial charge in [0.2, 0.25) is 0 Å². The van der Waals surface area contributed by atoms with E-state index in [0.717, 1.165) is 12.8 Å². The molecule has 0 atom stereocenters. The van der Waals surface area contributed by atoms with Crippen molar-refractivity contribution in [3.05, 3.63) is 70.4 Å². The van der Waals surface area contributed by atoms with Crippen molar-refractivity contribution in [2.75, 3.05) is 7.11 Å². The van der Waals surface area contributed by atoms with Crippen LogP contribution in [-0.2, 0) is 28.4 Å². The van der Waals surface area contributed by atoms with Crippen LogP contribution in [0, 0.1) is 0 Å². The highest BCUT2D eigenvalue weighted by molar-refractivity contribution is 5.90. The molecule has 0 amide bonds. The van der Waals surface area contributed by atoms with Crippen LogP contribution in [0.15, 0.2) is 42.6 Å². The Morgan fingerprint density at radius 2 is 1.56 bits per heavy atom. The van der Waals surface area contributed by atoms with Gasteiger partial charge in [-0.3, -0.25) is 0 Å². The Bertz CT molecular complexity index is 1300. The van der Waals surface area contributed by atoms with E-state index >= 15 is 0 Å². The zero-order valence-electron chi connectivity index (χ0n) is 21.1. The van der Waals surface area contributed by atoms with Gasteiger partial charge in [0.1, 0.15) is 0 Å². The first-order chi connectivity index (χ1) is 16.2. The van der Waals surface area contributed by atoms with E-state index in [-0.39, 0.29) is 16.8 Å². The van der Waals surface area contributed by atoms with Crippen molar-refractivity contribution in [1.29, 1.82) is 0 Å². The number of hydrogen-bond donors (Lipinski definition) is 0. The number of aromatic nitrogens is 1. The van der Waals surface area contributed by atoms with Crippen molar-refractivity contribution in [3.8, 4) is 22.4 Å². The number of carbonyl (C=O) groups is 1. The Balaban J connectivity index is 1.52. The smallest absolute Gasteiger partial charge is 0.337 e. The lowest BCUT2D eigenvalue weighted by Crippen LogP contribution is -2.34. The third-order valence-corrected chi connectivity index (χ3v) is 8.67. The molecule has 3 aliphatic rings. The van der Waals surface area contributed by atoms with E-state index in [1.54, 1.807) is 11.1 Å². The van der Waals surface area contributed by atoms with Crippen molar-refractivity contribution in [1.82, 2.24) is 4.57 Å². The molecule has 1 aromatic heterocycles. The highest BCUT2D eigenvalue weighted by Gasteiger charge is 2.39.